The molecule has 2 aromatic heterocycles. The van der Waals surface area contributed by atoms with Gasteiger partial charge in [-0.2, -0.15) is 0 Å². The molecule has 3 aromatic rings. The molecule has 1 aliphatic heterocycles. The van der Waals surface area contributed by atoms with Crippen molar-refractivity contribution in [3.8, 4) is 11.3 Å². The highest BCUT2D eigenvalue weighted by Gasteiger charge is 2.23. The summed E-state index contributed by atoms with van der Waals surface area (Å²) in [6.45, 7) is 2.22. The predicted octanol–water partition coefficient (Wildman–Crippen LogP) is 4.31. The lowest BCUT2D eigenvalue weighted by Gasteiger charge is -2.23. The second kappa shape index (κ2) is 6.79. The SMILES string of the molecule is I.c1ccc2c(C3CCNCC3)c(-c3ccncc3)[nH]c2c1. The lowest BCUT2D eigenvalue weighted by molar-refractivity contribution is 0.463. The van der Waals surface area contributed by atoms with E-state index in [2.05, 4.69) is 51.7 Å². The van der Waals surface area contributed by atoms with Gasteiger partial charge in [0, 0.05) is 28.9 Å². The van der Waals surface area contributed by atoms with Crippen molar-refractivity contribution in [1.82, 2.24) is 15.3 Å². The Labute approximate surface area is 147 Å². The molecule has 0 saturated carbocycles. The van der Waals surface area contributed by atoms with Gasteiger partial charge in [0.2, 0.25) is 0 Å². The summed E-state index contributed by atoms with van der Waals surface area (Å²) >= 11 is 0. The van der Waals surface area contributed by atoms with Crippen LogP contribution in [0.3, 0.4) is 0 Å². The van der Waals surface area contributed by atoms with Crippen LogP contribution in [0, 0.1) is 0 Å². The van der Waals surface area contributed by atoms with E-state index < -0.39 is 0 Å². The van der Waals surface area contributed by atoms with Crippen molar-refractivity contribution in [2.75, 3.05) is 13.1 Å². The highest BCUT2D eigenvalue weighted by Crippen LogP contribution is 2.38. The number of fused-ring (bicyclic) bond motifs is 1. The van der Waals surface area contributed by atoms with Crippen LogP contribution in [-0.2, 0) is 0 Å². The molecule has 1 aromatic carbocycles. The molecule has 0 bridgehead atoms. The lowest BCUT2D eigenvalue weighted by atomic mass is 9.87. The van der Waals surface area contributed by atoms with Gasteiger partial charge in [-0.25, -0.2) is 0 Å². The standard InChI is InChI=1S/C18H19N3.HI/c1-2-4-16-15(3-1)17(13-5-9-19-10-6-13)18(21-16)14-7-11-20-12-8-14;/h1-4,7-8,11-13,19,21H,5-6,9-10H2;1H. The van der Waals surface area contributed by atoms with E-state index in [1.807, 2.05) is 12.4 Å². The Bertz CT molecular complexity index is 745. The molecule has 114 valence electrons. The molecule has 1 aliphatic rings. The highest BCUT2D eigenvalue weighted by molar-refractivity contribution is 14.0. The molecule has 0 spiro atoms. The molecule has 0 aliphatic carbocycles. The van der Waals surface area contributed by atoms with E-state index in [-0.39, 0.29) is 24.0 Å². The number of rotatable bonds is 2. The van der Waals surface area contributed by atoms with Gasteiger partial charge in [0.1, 0.15) is 0 Å². The van der Waals surface area contributed by atoms with Gasteiger partial charge in [0.15, 0.2) is 0 Å². The minimum atomic E-state index is 0. The number of aromatic nitrogens is 2. The summed E-state index contributed by atoms with van der Waals surface area (Å²) in [5.41, 5.74) is 5.22. The molecule has 0 atom stereocenters. The van der Waals surface area contributed by atoms with E-state index in [0.29, 0.717) is 5.92 Å². The average Bonchev–Trinajstić information content (AvgIpc) is 2.96. The van der Waals surface area contributed by atoms with E-state index in [4.69, 9.17) is 0 Å². The van der Waals surface area contributed by atoms with Gasteiger partial charge >= 0.3 is 0 Å². The molecule has 1 fully saturated rings. The number of nitrogens with one attached hydrogen (secondary N) is 2. The Morgan fingerprint density at radius 3 is 2.45 bits per heavy atom. The molecule has 4 rings (SSSR count). The normalized spacial score (nSPS) is 15.6. The minimum absolute atomic E-state index is 0. The Balaban J connectivity index is 0.00000144. The first-order valence-corrected chi connectivity index (χ1v) is 7.65. The molecular weight excluding hydrogens is 385 g/mol. The summed E-state index contributed by atoms with van der Waals surface area (Å²) < 4.78 is 0. The van der Waals surface area contributed by atoms with Crippen LogP contribution >= 0.6 is 24.0 Å². The summed E-state index contributed by atoms with van der Waals surface area (Å²) in [7, 11) is 0. The average molecular weight is 405 g/mol. The molecule has 22 heavy (non-hydrogen) atoms. The van der Waals surface area contributed by atoms with Crippen LogP contribution < -0.4 is 5.32 Å². The van der Waals surface area contributed by atoms with Crippen LogP contribution in [0.4, 0.5) is 0 Å². The summed E-state index contributed by atoms with van der Waals surface area (Å²) in [4.78, 5) is 7.77. The fraction of sp³-hybridized carbons (Fsp3) is 0.278. The van der Waals surface area contributed by atoms with Gasteiger partial charge in [0.05, 0.1) is 5.69 Å². The number of hydrogen-bond acceptors (Lipinski definition) is 2. The van der Waals surface area contributed by atoms with Gasteiger partial charge in [-0.05, 0) is 55.6 Å². The molecule has 0 radical (unpaired) electrons. The molecule has 0 unspecified atom stereocenters. The summed E-state index contributed by atoms with van der Waals surface area (Å²) in [5.74, 6) is 0.630. The third-order valence-corrected chi connectivity index (χ3v) is 4.46. The zero-order valence-corrected chi connectivity index (χ0v) is 14.7. The first-order chi connectivity index (χ1) is 10.4. The van der Waals surface area contributed by atoms with E-state index in [1.165, 1.54) is 40.6 Å². The number of piperidine rings is 1. The second-order valence-corrected chi connectivity index (χ2v) is 5.72. The molecule has 3 heterocycles. The van der Waals surface area contributed by atoms with Crippen molar-refractivity contribution in [3.63, 3.8) is 0 Å². The van der Waals surface area contributed by atoms with E-state index in [1.54, 1.807) is 0 Å². The van der Waals surface area contributed by atoms with Crippen LogP contribution in [0.25, 0.3) is 22.2 Å². The van der Waals surface area contributed by atoms with Crippen molar-refractivity contribution in [1.29, 1.82) is 0 Å². The monoisotopic (exact) mass is 405 g/mol. The number of H-pyrrole nitrogens is 1. The highest BCUT2D eigenvalue weighted by atomic mass is 127. The zero-order valence-electron chi connectivity index (χ0n) is 12.4. The maximum atomic E-state index is 4.14. The number of pyridine rings is 1. The molecular formula is C18H20IN3. The van der Waals surface area contributed by atoms with Gasteiger partial charge in [-0.1, -0.05) is 18.2 Å². The predicted molar refractivity (Wildman–Crippen MR) is 102 cm³/mol. The van der Waals surface area contributed by atoms with Crippen molar-refractivity contribution in [2.45, 2.75) is 18.8 Å². The molecule has 2 N–H and O–H groups in total. The minimum Gasteiger partial charge on any atom is -0.354 e. The smallest absolute Gasteiger partial charge is 0.0501 e. The van der Waals surface area contributed by atoms with Crippen LogP contribution in [-0.4, -0.2) is 23.1 Å². The topological polar surface area (TPSA) is 40.7 Å². The van der Waals surface area contributed by atoms with Crippen molar-refractivity contribution in [2.24, 2.45) is 0 Å². The summed E-state index contributed by atoms with van der Waals surface area (Å²) in [5, 5.41) is 4.84. The van der Waals surface area contributed by atoms with Gasteiger partial charge in [-0.3, -0.25) is 4.98 Å². The Kier molecular flexibility index (Phi) is 4.78. The molecule has 4 heteroatoms. The third-order valence-electron chi connectivity index (χ3n) is 4.46. The maximum absolute atomic E-state index is 4.14. The van der Waals surface area contributed by atoms with E-state index >= 15 is 0 Å². The number of benzene rings is 1. The largest absolute Gasteiger partial charge is 0.354 e. The van der Waals surface area contributed by atoms with Crippen LogP contribution in [0.15, 0.2) is 48.8 Å². The van der Waals surface area contributed by atoms with Crippen molar-refractivity contribution in [3.05, 3.63) is 54.4 Å². The number of hydrogen-bond donors (Lipinski definition) is 2. The first-order valence-electron chi connectivity index (χ1n) is 7.65. The zero-order chi connectivity index (χ0) is 14.1. The number of halogens is 1. The molecule has 0 amide bonds. The Hall–Kier alpha value is -1.40. The van der Waals surface area contributed by atoms with Gasteiger partial charge < -0.3 is 10.3 Å². The number of nitrogens with zero attached hydrogens (tertiary/aromatic N) is 1. The second-order valence-electron chi connectivity index (χ2n) is 5.72. The van der Waals surface area contributed by atoms with E-state index in [9.17, 15) is 0 Å². The molecule has 3 nitrogen and oxygen atoms in total. The van der Waals surface area contributed by atoms with Crippen LogP contribution in [0.2, 0.25) is 0 Å². The number of para-hydroxylation sites is 1. The number of aromatic amines is 1. The fourth-order valence-electron chi connectivity index (χ4n) is 3.44. The quantitative estimate of drug-likeness (QED) is 0.624. The maximum Gasteiger partial charge on any atom is 0.0501 e. The fourth-order valence-corrected chi connectivity index (χ4v) is 3.44. The summed E-state index contributed by atoms with van der Waals surface area (Å²) in [6, 6.07) is 12.8. The van der Waals surface area contributed by atoms with Crippen molar-refractivity contribution >= 4 is 34.9 Å². The van der Waals surface area contributed by atoms with Gasteiger partial charge in [-0.15, -0.1) is 24.0 Å². The van der Waals surface area contributed by atoms with Crippen molar-refractivity contribution < 1.29 is 0 Å². The molecule has 1 saturated heterocycles. The van der Waals surface area contributed by atoms with Crippen LogP contribution in [0.5, 0.6) is 0 Å². The first kappa shape index (κ1) is 15.5. The van der Waals surface area contributed by atoms with Crippen LogP contribution in [0.1, 0.15) is 24.3 Å². The lowest BCUT2D eigenvalue weighted by Crippen LogP contribution is -2.26. The third kappa shape index (κ3) is 2.77. The Morgan fingerprint density at radius 2 is 1.68 bits per heavy atom. The van der Waals surface area contributed by atoms with Gasteiger partial charge in [0.25, 0.3) is 0 Å². The summed E-state index contributed by atoms with van der Waals surface area (Å²) in [6.07, 6.45) is 6.15. The van der Waals surface area contributed by atoms with E-state index in [0.717, 1.165) is 13.1 Å². The Morgan fingerprint density at radius 1 is 0.955 bits per heavy atom.